The van der Waals surface area contributed by atoms with Gasteiger partial charge in [-0.2, -0.15) is 0 Å². The highest BCUT2D eigenvalue weighted by atomic mass is 32.1. The lowest BCUT2D eigenvalue weighted by Crippen LogP contribution is -2.22. The summed E-state index contributed by atoms with van der Waals surface area (Å²) in [7, 11) is 1.45. The summed E-state index contributed by atoms with van der Waals surface area (Å²) >= 11 is 1.23. The molecule has 1 heterocycles. The first-order valence-electron chi connectivity index (χ1n) is 7.19. The summed E-state index contributed by atoms with van der Waals surface area (Å²) < 4.78 is 20.0. The number of aryl methyl sites for hydroxylation is 1. The Labute approximate surface area is 137 Å². The number of nitrogens with one attached hydrogen (secondary N) is 1. The normalized spacial score (nSPS) is 10.7. The molecule has 1 amide bonds. The Morgan fingerprint density at radius 2 is 2.00 bits per heavy atom. The minimum absolute atomic E-state index is 0.259. The van der Waals surface area contributed by atoms with Crippen molar-refractivity contribution < 1.29 is 13.9 Å². The van der Waals surface area contributed by atoms with Gasteiger partial charge in [0, 0.05) is 11.2 Å². The van der Waals surface area contributed by atoms with E-state index in [0.717, 1.165) is 11.1 Å². The van der Waals surface area contributed by atoms with E-state index < -0.39 is 0 Å². The number of thiophene rings is 1. The molecule has 0 saturated carbocycles. The van der Waals surface area contributed by atoms with Crippen molar-refractivity contribution in [3.8, 4) is 5.75 Å². The van der Waals surface area contributed by atoms with Crippen molar-refractivity contribution in [2.75, 3.05) is 7.11 Å². The second-order valence-corrected chi connectivity index (χ2v) is 6.24. The van der Waals surface area contributed by atoms with Crippen LogP contribution in [0.5, 0.6) is 5.75 Å². The van der Waals surface area contributed by atoms with Gasteiger partial charge in [-0.25, -0.2) is 4.39 Å². The minimum Gasteiger partial charge on any atom is -0.494 e. The number of ether oxygens (including phenoxy) is 1. The lowest BCUT2D eigenvalue weighted by atomic mass is 10.1. The predicted molar refractivity (Wildman–Crippen MR) is 90.7 cm³/mol. The number of benzene rings is 2. The molecule has 3 nitrogen and oxygen atoms in total. The standard InChI is InChI=1S/C18H16FNO2S/c1-11-6-3-4-7-12(11)10-20-18(21)17-16(22-2)15-13(19)8-5-9-14(15)23-17/h3-9H,10H2,1-2H3,(H,20,21). The van der Waals surface area contributed by atoms with E-state index in [9.17, 15) is 9.18 Å². The van der Waals surface area contributed by atoms with Crippen molar-refractivity contribution in [1.29, 1.82) is 0 Å². The van der Waals surface area contributed by atoms with E-state index in [1.165, 1.54) is 24.5 Å². The maximum Gasteiger partial charge on any atom is 0.265 e. The first kappa shape index (κ1) is 15.5. The second kappa shape index (κ2) is 6.38. The number of rotatable bonds is 4. The van der Waals surface area contributed by atoms with Gasteiger partial charge in [-0.15, -0.1) is 11.3 Å². The first-order valence-corrected chi connectivity index (χ1v) is 8.01. The van der Waals surface area contributed by atoms with Crippen LogP contribution < -0.4 is 10.1 Å². The van der Waals surface area contributed by atoms with Gasteiger partial charge in [0.2, 0.25) is 0 Å². The number of hydrogen-bond acceptors (Lipinski definition) is 3. The van der Waals surface area contributed by atoms with Crippen LogP contribution in [0.2, 0.25) is 0 Å². The molecule has 3 aromatic rings. The zero-order valence-corrected chi connectivity index (χ0v) is 13.7. The van der Waals surface area contributed by atoms with Gasteiger partial charge in [0.25, 0.3) is 5.91 Å². The minimum atomic E-state index is -0.381. The Bertz CT molecular complexity index is 873. The van der Waals surface area contributed by atoms with Crippen molar-refractivity contribution in [3.05, 3.63) is 64.3 Å². The summed E-state index contributed by atoms with van der Waals surface area (Å²) in [5, 5.41) is 3.24. The molecular formula is C18H16FNO2S. The van der Waals surface area contributed by atoms with Crippen LogP contribution in [0.1, 0.15) is 20.8 Å². The zero-order valence-electron chi connectivity index (χ0n) is 12.9. The van der Waals surface area contributed by atoms with Gasteiger partial charge < -0.3 is 10.1 Å². The Balaban J connectivity index is 1.89. The van der Waals surface area contributed by atoms with Crippen LogP contribution in [0.3, 0.4) is 0 Å². The topological polar surface area (TPSA) is 38.3 Å². The SMILES string of the molecule is COc1c(C(=O)NCc2ccccc2C)sc2cccc(F)c12. The molecule has 0 spiro atoms. The molecule has 1 aromatic heterocycles. The molecule has 0 aliphatic carbocycles. The van der Waals surface area contributed by atoms with Gasteiger partial charge in [-0.05, 0) is 30.2 Å². The van der Waals surface area contributed by atoms with Crippen LogP contribution in [0.25, 0.3) is 10.1 Å². The summed E-state index contributed by atoms with van der Waals surface area (Å²) in [5.74, 6) is -0.343. The fourth-order valence-corrected chi connectivity index (χ4v) is 3.59. The highest BCUT2D eigenvalue weighted by Gasteiger charge is 2.21. The van der Waals surface area contributed by atoms with Crippen LogP contribution in [-0.4, -0.2) is 13.0 Å². The monoisotopic (exact) mass is 329 g/mol. The van der Waals surface area contributed by atoms with Gasteiger partial charge in [0.05, 0.1) is 12.5 Å². The molecule has 1 N–H and O–H groups in total. The maximum absolute atomic E-state index is 14.0. The highest BCUT2D eigenvalue weighted by Crippen LogP contribution is 2.39. The third kappa shape index (κ3) is 2.92. The highest BCUT2D eigenvalue weighted by molar-refractivity contribution is 7.21. The molecule has 0 radical (unpaired) electrons. The molecular weight excluding hydrogens is 313 g/mol. The van der Waals surface area contributed by atoms with Gasteiger partial charge in [0.1, 0.15) is 10.7 Å². The van der Waals surface area contributed by atoms with E-state index in [1.807, 2.05) is 31.2 Å². The maximum atomic E-state index is 14.0. The lowest BCUT2D eigenvalue weighted by molar-refractivity contribution is 0.0952. The third-order valence-corrected chi connectivity index (χ3v) is 4.87. The summed E-state index contributed by atoms with van der Waals surface area (Å²) in [6.07, 6.45) is 0. The van der Waals surface area contributed by atoms with Crippen molar-refractivity contribution in [2.24, 2.45) is 0 Å². The second-order valence-electron chi connectivity index (χ2n) is 5.19. The summed E-state index contributed by atoms with van der Waals surface area (Å²) in [5.41, 5.74) is 2.16. The molecule has 118 valence electrons. The largest absolute Gasteiger partial charge is 0.494 e. The average molecular weight is 329 g/mol. The molecule has 2 aromatic carbocycles. The van der Waals surface area contributed by atoms with E-state index in [0.29, 0.717) is 27.3 Å². The average Bonchev–Trinajstić information content (AvgIpc) is 2.94. The molecule has 5 heteroatoms. The number of fused-ring (bicyclic) bond motifs is 1. The third-order valence-electron chi connectivity index (χ3n) is 3.73. The van der Waals surface area contributed by atoms with E-state index in [-0.39, 0.29) is 11.7 Å². The Morgan fingerprint density at radius 1 is 1.22 bits per heavy atom. The molecule has 0 saturated heterocycles. The van der Waals surface area contributed by atoms with Gasteiger partial charge >= 0.3 is 0 Å². The Morgan fingerprint density at radius 3 is 2.74 bits per heavy atom. The number of carbonyl (C=O) groups excluding carboxylic acids is 1. The quantitative estimate of drug-likeness (QED) is 0.775. The number of carbonyl (C=O) groups is 1. The van der Waals surface area contributed by atoms with Gasteiger partial charge in [-0.1, -0.05) is 30.3 Å². The van der Waals surface area contributed by atoms with E-state index in [2.05, 4.69) is 5.32 Å². The lowest BCUT2D eigenvalue weighted by Gasteiger charge is -2.08. The fourth-order valence-electron chi connectivity index (χ4n) is 2.49. The van der Waals surface area contributed by atoms with Crippen molar-refractivity contribution in [3.63, 3.8) is 0 Å². The first-order chi connectivity index (χ1) is 11.1. The van der Waals surface area contributed by atoms with Gasteiger partial charge in [0.15, 0.2) is 5.75 Å². The van der Waals surface area contributed by atoms with Crippen LogP contribution >= 0.6 is 11.3 Å². The van der Waals surface area contributed by atoms with Crippen LogP contribution in [0.15, 0.2) is 42.5 Å². The number of hydrogen-bond donors (Lipinski definition) is 1. The summed E-state index contributed by atoms with van der Waals surface area (Å²) in [6.45, 7) is 2.42. The number of halogens is 1. The molecule has 0 aliphatic rings. The summed E-state index contributed by atoms with van der Waals surface area (Å²) in [6, 6.07) is 12.6. The Kier molecular flexibility index (Phi) is 4.30. The van der Waals surface area contributed by atoms with Crippen LogP contribution in [0, 0.1) is 12.7 Å². The molecule has 0 atom stereocenters. The zero-order chi connectivity index (χ0) is 16.4. The molecule has 0 aliphatic heterocycles. The number of methoxy groups -OCH3 is 1. The summed E-state index contributed by atoms with van der Waals surface area (Å²) in [4.78, 5) is 12.9. The van der Waals surface area contributed by atoms with Crippen molar-refractivity contribution in [1.82, 2.24) is 5.32 Å². The van der Waals surface area contributed by atoms with E-state index >= 15 is 0 Å². The van der Waals surface area contributed by atoms with Crippen molar-refractivity contribution in [2.45, 2.75) is 13.5 Å². The van der Waals surface area contributed by atoms with Crippen molar-refractivity contribution >= 4 is 27.3 Å². The molecule has 0 unspecified atom stereocenters. The van der Waals surface area contributed by atoms with Crippen LogP contribution in [-0.2, 0) is 6.54 Å². The van der Waals surface area contributed by atoms with Crippen LogP contribution in [0.4, 0.5) is 4.39 Å². The molecule has 0 bridgehead atoms. The molecule has 23 heavy (non-hydrogen) atoms. The molecule has 0 fully saturated rings. The van der Waals surface area contributed by atoms with E-state index in [4.69, 9.17) is 4.74 Å². The fraction of sp³-hybridized carbons (Fsp3) is 0.167. The predicted octanol–water partition coefficient (Wildman–Crippen LogP) is 4.29. The van der Waals surface area contributed by atoms with E-state index in [1.54, 1.807) is 12.1 Å². The smallest absolute Gasteiger partial charge is 0.265 e. The Hall–Kier alpha value is -2.40. The number of amides is 1. The molecule has 3 rings (SSSR count). The van der Waals surface area contributed by atoms with Gasteiger partial charge in [-0.3, -0.25) is 4.79 Å².